The quantitative estimate of drug-likeness (QED) is 0.0222. The number of carbonyl (C=O) groups is 4. The van der Waals surface area contributed by atoms with Crippen LogP contribution in [0.2, 0.25) is 0 Å². The maximum Gasteiger partial charge on any atom is 0.472 e. The summed E-state index contributed by atoms with van der Waals surface area (Å²) in [6.07, 6.45) is 64.5. The van der Waals surface area contributed by atoms with Crippen LogP contribution in [-0.4, -0.2) is 96.7 Å². The molecule has 0 saturated heterocycles. The molecule has 0 aromatic rings. The second-order valence-corrected chi connectivity index (χ2v) is 33.4. The SMILES string of the molecule is CCCCCCCCCCCCCCCCCCCCCCCCC(=O)O[C@H](COC(=O)CCCCCCCCCCCCCCCCCCCCCC)COP(=O)(O)OC[C@@H](O)COP(=O)(O)OC[C@@H](COC(=O)CCCCCCCCC(C)C)OC(=O)CCCCCCCCCC(C)C. The Kier molecular flexibility index (Phi) is 72.2. The number of hydrogen-bond acceptors (Lipinski definition) is 15. The van der Waals surface area contributed by atoms with Gasteiger partial charge >= 0.3 is 39.5 Å². The van der Waals surface area contributed by atoms with Crippen LogP contribution in [0.4, 0.5) is 0 Å². The highest BCUT2D eigenvalue weighted by Crippen LogP contribution is 2.45. The molecule has 5 atom stereocenters. The van der Waals surface area contributed by atoms with Gasteiger partial charge in [0.1, 0.15) is 19.3 Å². The van der Waals surface area contributed by atoms with E-state index in [4.69, 9.17) is 37.0 Å². The summed E-state index contributed by atoms with van der Waals surface area (Å²) in [6, 6.07) is 0. The monoisotopic (exact) mass is 1480 g/mol. The highest BCUT2D eigenvalue weighted by molar-refractivity contribution is 7.47. The zero-order valence-electron chi connectivity index (χ0n) is 66.2. The molecule has 0 aliphatic carbocycles. The van der Waals surface area contributed by atoms with Crippen LogP contribution >= 0.6 is 15.6 Å². The Bertz CT molecular complexity index is 1940. The van der Waals surface area contributed by atoms with Gasteiger partial charge in [-0.15, -0.1) is 0 Å². The van der Waals surface area contributed by atoms with Crippen molar-refractivity contribution in [2.45, 2.75) is 452 Å². The average Bonchev–Trinajstić information content (AvgIpc) is 0.935. The molecule has 0 aliphatic heterocycles. The molecule has 2 unspecified atom stereocenters. The average molecular weight is 1480 g/mol. The van der Waals surface area contributed by atoms with E-state index < -0.39 is 97.5 Å². The van der Waals surface area contributed by atoms with Crippen molar-refractivity contribution in [3.8, 4) is 0 Å². The van der Waals surface area contributed by atoms with Crippen molar-refractivity contribution in [2.75, 3.05) is 39.6 Å². The van der Waals surface area contributed by atoms with E-state index in [1.165, 1.54) is 244 Å². The fourth-order valence-electron chi connectivity index (χ4n) is 12.7. The molecular formula is C82H160O17P2. The predicted molar refractivity (Wildman–Crippen MR) is 414 cm³/mol. The number of carbonyl (C=O) groups excluding carboxylic acids is 4. The number of aliphatic hydroxyl groups is 1. The number of phosphoric acid groups is 2. The Morgan fingerprint density at radius 1 is 0.267 bits per heavy atom. The third-order valence-corrected chi connectivity index (χ3v) is 21.1. The molecule has 0 heterocycles. The van der Waals surface area contributed by atoms with Crippen LogP contribution in [0.25, 0.3) is 0 Å². The van der Waals surface area contributed by atoms with Gasteiger partial charge in [-0.25, -0.2) is 9.13 Å². The predicted octanol–water partition coefficient (Wildman–Crippen LogP) is 24.7. The standard InChI is InChI=1S/C82H160O17P2/c1-7-9-11-13-15-17-19-21-23-25-27-29-30-32-34-36-38-40-42-46-54-60-66-81(86)98-77(70-92-79(84)64-58-52-45-41-39-37-35-33-31-28-26-24-22-20-18-16-14-12-10-8-2)72-96-100(88,89)94-68-76(83)69-95-101(90,91)97-73-78(71-93-80(85)65-59-53-49-48-51-57-63-75(5)6)99-82(87)67-61-55-47-43-44-50-56-62-74(3)4/h74-78,83H,7-73H2,1-6H3,(H,88,89)(H,90,91)/t76-,77-,78-/m1/s1. The van der Waals surface area contributed by atoms with E-state index in [1.54, 1.807) is 0 Å². The number of esters is 4. The first kappa shape index (κ1) is 99.1. The van der Waals surface area contributed by atoms with Gasteiger partial charge in [0.15, 0.2) is 12.2 Å². The summed E-state index contributed by atoms with van der Waals surface area (Å²) in [5.74, 6) is -0.741. The lowest BCUT2D eigenvalue weighted by Gasteiger charge is -2.21. The number of unbranched alkanes of at least 4 members (excludes halogenated alkanes) is 51. The number of phosphoric ester groups is 2. The summed E-state index contributed by atoms with van der Waals surface area (Å²) in [6.45, 7) is 9.47. The molecule has 0 fully saturated rings. The molecule has 0 aliphatic rings. The largest absolute Gasteiger partial charge is 0.472 e. The lowest BCUT2D eigenvalue weighted by molar-refractivity contribution is -0.161. The summed E-state index contributed by atoms with van der Waals surface area (Å²) < 4.78 is 68.6. The summed E-state index contributed by atoms with van der Waals surface area (Å²) in [4.78, 5) is 72.9. The van der Waals surface area contributed by atoms with Gasteiger partial charge in [0.25, 0.3) is 0 Å². The van der Waals surface area contributed by atoms with E-state index in [0.29, 0.717) is 37.5 Å². The van der Waals surface area contributed by atoms with Gasteiger partial charge in [-0.3, -0.25) is 37.3 Å². The molecule has 0 bridgehead atoms. The van der Waals surface area contributed by atoms with Crippen LogP contribution in [0.1, 0.15) is 433 Å². The number of aliphatic hydroxyl groups excluding tert-OH is 1. The molecule has 0 rings (SSSR count). The molecule has 17 nitrogen and oxygen atoms in total. The zero-order chi connectivity index (χ0) is 74.2. The van der Waals surface area contributed by atoms with Crippen molar-refractivity contribution < 1.29 is 80.2 Å². The Labute approximate surface area is 619 Å². The Balaban J connectivity index is 5.16. The first-order chi connectivity index (χ1) is 48.9. The molecule has 0 spiro atoms. The Morgan fingerprint density at radius 2 is 0.455 bits per heavy atom. The molecule has 600 valence electrons. The third-order valence-electron chi connectivity index (χ3n) is 19.2. The fraction of sp³-hybridized carbons (Fsp3) is 0.951. The summed E-state index contributed by atoms with van der Waals surface area (Å²) >= 11 is 0. The van der Waals surface area contributed by atoms with Gasteiger partial charge < -0.3 is 33.8 Å². The highest BCUT2D eigenvalue weighted by Gasteiger charge is 2.30. The van der Waals surface area contributed by atoms with E-state index in [2.05, 4.69) is 41.5 Å². The molecule has 0 aromatic carbocycles. The summed E-state index contributed by atoms with van der Waals surface area (Å²) in [7, 11) is -9.92. The first-order valence-electron chi connectivity index (χ1n) is 42.5. The molecule has 0 amide bonds. The minimum Gasteiger partial charge on any atom is -0.462 e. The Morgan fingerprint density at radius 3 is 0.673 bits per heavy atom. The number of hydrogen-bond donors (Lipinski definition) is 3. The molecule has 0 saturated carbocycles. The van der Waals surface area contributed by atoms with Gasteiger partial charge in [0.05, 0.1) is 26.4 Å². The Hall–Kier alpha value is -1.94. The second kappa shape index (κ2) is 73.6. The van der Waals surface area contributed by atoms with E-state index in [0.717, 1.165) is 96.3 Å². The van der Waals surface area contributed by atoms with Crippen LogP contribution in [0.5, 0.6) is 0 Å². The van der Waals surface area contributed by atoms with Crippen LogP contribution in [0.15, 0.2) is 0 Å². The third kappa shape index (κ3) is 76.1. The van der Waals surface area contributed by atoms with Crippen molar-refractivity contribution in [1.82, 2.24) is 0 Å². The van der Waals surface area contributed by atoms with Crippen molar-refractivity contribution in [1.29, 1.82) is 0 Å². The first-order valence-corrected chi connectivity index (χ1v) is 45.5. The lowest BCUT2D eigenvalue weighted by Crippen LogP contribution is -2.30. The van der Waals surface area contributed by atoms with Crippen molar-refractivity contribution in [3.05, 3.63) is 0 Å². The molecule has 0 aromatic heterocycles. The maximum absolute atomic E-state index is 13.1. The smallest absolute Gasteiger partial charge is 0.462 e. The van der Waals surface area contributed by atoms with Gasteiger partial charge in [0, 0.05) is 25.7 Å². The molecule has 19 heteroatoms. The van der Waals surface area contributed by atoms with Crippen LogP contribution in [0.3, 0.4) is 0 Å². The maximum atomic E-state index is 13.1. The van der Waals surface area contributed by atoms with Crippen LogP contribution in [-0.2, 0) is 65.4 Å². The van der Waals surface area contributed by atoms with Crippen LogP contribution in [0, 0.1) is 11.8 Å². The molecule has 101 heavy (non-hydrogen) atoms. The van der Waals surface area contributed by atoms with Crippen molar-refractivity contribution >= 4 is 39.5 Å². The van der Waals surface area contributed by atoms with Gasteiger partial charge in [-0.05, 0) is 37.5 Å². The van der Waals surface area contributed by atoms with E-state index >= 15 is 0 Å². The highest BCUT2D eigenvalue weighted by atomic mass is 31.2. The fourth-order valence-corrected chi connectivity index (χ4v) is 14.3. The minimum absolute atomic E-state index is 0.103. The van der Waals surface area contributed by atoms with Crippen molar-refractivity contribution in [3.63, 3.8) is 0 Å². The lowest BCUT2D eigenvalue weighted by atomic mass is 10.0. The topological polar surface area (TPSA) is 237 Å². The van der Waals surface area contributed by atoms with E-state index in [1.807, 2.05) is 0 Å². The van der Waals surface area contributed by atoms with E-state index in [-0.39, 0.29) is 25.7 Å². The van der Waals surface area contributed by atoms with Crippen LogP contribution < -0.4 is 0 Å². The minimum atomic E-state index is -4.96. The van der Waals surface area contributed by atoms with Gasteiger partial charge in [-0.1, -0.05) is 382 Å². The zero-order valence-corrected chi connectivity index (χ0v) is 68.0. The van der Waals surface area contributed by atoms with Gasteiger partial charge in [-0.2, -0.15) is 0 Å². The molecular weight excluding hydrogens is 1320 g/mol. The summed E-state index contributed by atoms with van der Waals surface area (Å²) in [5, 5.41) is 10.6. The molecule has 0 radical (unpaired) electrons. The molecule has 3 N–H and O–H groups in total. The van der Waals surface area contributed by atoms with Gasteiger partial charge in [0.2, 0.25) is 0 Å². The van der Waals surface area contributed by atoms with E-state index in [9.17, 15) is 43.2 Å². The number of rotatable bonds is 81. The number of ether oxygens (including phenoxy) is 4. The van der Waals surface area contributed by atoms with Crippen molar-refractivity contribution in [2.24, 2.45) is 11.8 Å². The summed E-state index contributed by atoms with van der Waals surface area (Å²) in [5.41, 5.74) is 0. The normalized spacial score (nSPS) is 13.9. The second-order valence-electron chi connectivity index (χ2n) is 30.5.